The van der Waals surface area contributed by atoms with E-state index < -0.39 is 24.2 Å². The van der Waals surface area contributed by atoms with Crippen LogP contribution in [0.1, 0.15) is 10.4 Å². The first-order valence-electron chi connectivity index (χ1n) is 10.2. The predicted molar refractivity (Wildman–Crippen MR) is 126 cm³/mol. The number of hydrogen-bond donors (Lipinski definition) is 1. The number of para-hydroxylation sites is 1. The topological polar surface area (TPSA) is 73.2 Å². The number of alkyl halides is 2. The first-order valence-corrected chi connectivity index (χ1v) is 11.1. The minimum absolute atomic E-state index is 0.219. The van der Waals surface area contributed by atoms with Gasteiger partial charge in [-0.05, 0) is 36.4 Å². The molecule has 172 valence electrons. The molecule has 1 heterocycles. The third-order valence-corrected chi connectivity index (χ3v) is 5.42. The minimum Gasteiger partial charge on any atom is -0.452 e. The average Bonchev–Trinajstić information content (AvgIpc) is 3.30. The Hall–Kier alpha value is -3.98. The van der Waals surface area contributed by atoms with Crippen LogP contribution < -0.4 is 5.32 Å². The van der Waals surface area contributed by atoms with Crippen LogP contribution in [0.2, 0.25) is 0 Å². The van der Waals surface area contributed by atoms with Crippen molar-refractivity contribution in [2.75, 3.05) is 11.9 Å². The van der Waals surface area contributed by atoms with E-state index in [-0.39, 0.29) is 5.56 Å². The van der Waals surface area contributed by atoms with Gasteiger partial charge < -0.3 is 10.1 Å². The molecule has 0 bridgehead atoms. The molecule has 0 aliphatic heterocycles. The molecule has 0 unspecified atom stereocenters. The highest BCUT2D eigenvalue weighted by atomic mass is 32.2. The first kappa shape index (κ1) is 23.2. The Bertz CT molecular complexity index is 1260. The van der Waals surface area contributed by atoms with Crippen LogP contribution >= 0.6 is 11.8 Å². The summed E-state index contributed by atoms with van der Waals surface area (Å²) in [4.78, 5) is 25.5. The zero-order valence-corrected chi connectivity index (χ0v) is 18.5. The fraction of sp³-hybridized carbons (Fsp3) is 0.0800. The molecule has 3 aromatic carbocycles. The summed E-state index contributed by atoms with van der Waals surface area (Å²) in [6.07, 6.45) is 1.57. The Morgan fingerprint density at radius 2 is 1.59 bits per heavy atom. The first-order chi connectivity index (χ1) is 16.5. The lowest BCUT2D eigenvalue weighted by atomic mass is 10.1. The molecule has 0 fully saturated rings. The molecule has 6 nitrogen and oxygen atoms in total. The third kappa shape index (κ3) is 5.87. The molecule has 0 aliphatic carbocycles. The number of carbonyl (C=O) groups excluding carboxylic acids is 2. The van der Waals surface area contributed by atoms with E-state index in [2.05, 4.69) is 10.4 Å². The second-order valence-corrected chi connectivity index (χ2v) is 8.13. The van der Waals surface area contributed by atoms with Crippen molar-refractivity contribution in [2.24, 2.45) is 0 Å². The molecule has 34 heavy (non-hydrogen) atoms. The van der Waals surface area contributed by atoms with Crippen molar-refractivity contribution in [1.82, 2.24) is 9.78 Å². The Balaban J connectivity index is 1.46. The average molecular weight is 480 g/mol. The number of thioether (sulfide) groups is 1. The summed E-state index contributed by atoms with van der Waals surface area (Å²) in [5.74, 6) is -3.77. The molecule has 0 aliphatic rings. The number of halogens is 2. The Morgan fingerprint density at radius 3 is 2.24 bits per heavy atom. The van der Waals surface area contributed by atoms with E-state index in [1.165, 1.54) is 24.3 Å². The standard InChI is InChI=1S/C25H19F2N3O3S/c26-25(27)34-20-13-11-18(12-14-20)28-22(31)16-33-24(32)21-15-30(19-9-5-2-6-10-19)29-23(21)17-7-3-1-4-8-17/h1-15,25H,16H2,(H,28,31). The summed E-state index contributed by atoms with van der Waals surface area (Å²) in [6.45, 7) is -0.517. The van der Waals surface area contributed by atoms with Gasteiger partial charge >= 0.3 is 5.97 Å². The van der Waals surface area contributed by atoms with E-state index in [1.807, 2.05) is 60.7 Å². The van der Waals surface area contributed by atoms with Crippen LogP contribution in [0.15, 0.2) is 96.0 Å². The van der Waals surface area contributed by atoms with Gasteiger partial charge in [-0.15, -0.1) is 0 Å². The molecule has 0 saturated heterocycles. The quantitative estimate of drug-likeness (QED) is 0.261. The number of benzene rings is 3. The highest BCUT2D eigenvalue weighted by molar-refractivity contribution is 7.99. The van der Waals surface area contributed by atoms with Crippen LogP contribution in [0.3, 0.4) is 0 Å². The summed E-state index contributed by atoms with van der Waals surface area (Å²) >= 11 is 0.414. The number of rotatable bonds is 8. The van der Waals surface area contributed by atoms with Crippen molar-refractivity contribution in [3.8, 4) is 16.9 Å². The maximum Gasteiger partial charge on any atom is 0.342 e. The lowest BCUT2D eigenvalue weighted by molar-refractivity contribution is -0.119. The second kappa shape index (κ2) is 10.8. The van der Waals surface area contributed by atoms with Crippen molar-refractivity contribution in [1.29, 1.82) is 0 Å². The van der Waals surface area contributed by atoms with Crippen molar-refractivity contribution >= 4 is 29.3 Å². The van der Waals surface area contributed by atoms with Gasteiger partial charge in [-0.1, -0.05) is 60.3 Å². The van der Waals surface area contributed by atoms with Gasteiger partial charge in [0.15, 0.2) is 6.61 Å². The van der Waals surface area contributed by atoms with E-state index in [9.17, 15) is 18.4 Å². The fourth-order valence-corrected chi connectivity index (χ4v) is 3.67. The monoisotopic (exact) mass is 479 g/mol. The number of amides is 1. The summed E-state index contributed by atoms with van der Waals surface area (Å²) in [6, 6.07) is 24.5. The fourth-order valence-electron chi connectivity index (χ4n) is 3.17. The van der Waals surface area contributed by atoms with Crippen LogP contribution in [0.25, 0.3) is 16.9 Å². The predicted octanol–water partition coefficient (Wildman–Crippen LogP) is 5.65. The molecule has 0 saturated carbocycles. The van der Waals surface area contributed by atoms with E-state index in [1.54, 1.807) is 10.9 Å². The minimum atomic E-state index is -2.52. The second-order valence-electron chi connectivity index (χ2n) is 7.06. The Morgan fingerprint density at radius 1 is 0.941 bits per heavy atom. The maximum absolute atomic E-state index is 12.9. The number of carbonyl (C=O) groups is 2. The lowest BCUT2D eigenvalue weighted by Crippen LogP contribution is -2.21. The molecule has 1 amide bonds. The van der Waals surface area contributed by atoms with Gasteiger partial charge in [0.05, 0.1) is 5.69 Å². The smallest absolute Gasteiger partial charge is 0.342 e. The van der Waals surface area contributed by atoms with E-state index in [0.717, 1.165) is 11.3 Å². The highest BCUT2D eigenvalue weighted by Crippen LogP contribution is 2.26. The van der Waals surface area contributed by atoms with Crippen LogP contribution in [0, 0.1) is 0 Å². The van der Waals surface area contributed by atoms with Crippen LogP contribution in [0.5, 0.6) is 0 Å². The zero-order valence-electron chi connectivity index (χ0n) is 17.7. The zero-order chi connectivity index (χ0) is 23.9. The molecule has 0 spiro atoms. The van der Waals surface area contributed by atoms with Gasteiger partial charge in [-0.2, -0.15) is 13.9 Å². The normalized spacial score (nSPS) is 10.8. The number of anilines is 1. The largest absolute Gasteiger partial charge is 0.452 e. The molecular weight excluding hydrogens is 460 g/mol. The van der Waals surface area contributed by atoms with Gasteiger partial charge in [-0.3, -0.25) is 4.79 Å². The maximum atomic E-state index is 12.9. The third-order valence-electron chi connectivity index (χ3n) is 4.70. The van der Waals surface area contributed by atoms with Gasteiger partial charge in [0, 0.05) is 22.3 Å². The summed E-state index contributed by atoms with van der Waals surface area (Å²) in [7, 11) is 0. The molecule has 0 radical (unpaired) electrons. The Labute approximate surface area is 198 Å². The van der Waals surface area contributed by atoms with Crippen molar-refractivity contribution in [3.05, 3.63) is 96.7 Å². The van der Waals surface area contributed by atoms with Gasteiger partial charge in [0.25, 0.3) is 11.7 Å². The number of nitrogens with zero attached hydrogens (tertiary/aromatic N) is 2. The molecule has 0 atom stereocenters. The van der Waals surface area contributed by atoms with Gasteiger partial charge in [0.2, 0.25) is 0 Å². The van der Waals surface area contributed by atoms with Crippen molar-refractivity contribution in [2.45, 2.75) is 10.7 Å². The number of aromatic nitrogens is 2. The van der Waals surface area contributed by atoms with E-state index in [0.29, 0.717) is 28.0 Å². The molecule has 4 aromatic rings. The molecule has 4 rings (SSSR count). The van der Waals surface area contributed by atoms with Gasteiger partial charge in [-0.25, -0.2) is 9.48 Å². The highest BCUT2D eigenvalue weighted by Gasteiger charge is 2.21. The van der Waals surface area contributed by atoms with Crippen LogP contribution in [0.4, 0.5) is 14.5 Å². The number of nitrogens with one attached hydrogen (secondary N) is 1. The van der Waals surface area contributed by atoms with E-state index in [4.69, 9.17) is 4.74 Å². The summed E-state index contributed by atoms with van der Waals surface area (Å²) in [5, 5.41) is 7.13. The molecule has 1 aromatic heterocycles. The van der Waals surface area contributed by atoms with E-state index >= 15 is 0 Å². The Kier molecular flexibility index (Phi) is 7.34. The van der Waals surface area contributed by atoms with Crippen molar-refractivity contribution in [3.63, 3.8) is 0 Å². The van der Waals surface area contributed by atoms with Gasteiger partial charge in [0.1, 0.15) is 11.3 Å². The number of hydrogen-bond acceptors (Lipinski definition) is 5. The lowest BCUT2D eigenvalue weighted by Gasteiger charge is -2.07. The number of esters is 1. The van der Waals surface area contributed by atoms with Crippen molar-refractivity contribution < 1.29 is 23.1 Å². The molecule has 1 N–H and O–H groups in total. The SMILES string of the molecule is O=C(COC(=O)c1cn(-c2ccccc2)nc1-c1ccccc1)Nc1ccc(SC(F)F)cc1. The molecular formula is C25H19F2N3O3S. The summed E-state index contributed by atoms with van der Waals surface area (Å²) in [5.41, 5.74) is 2.56. The van der Waals surface area contributed by atoms with Crippen LogP contribution in [-0.2, 0) is 9.53 Å². The molecule has 9 heteroatoms. The number of ether oxygens (including phenoxy) is 1. The van der Waals surface area contributed by atoms with Crippen LogP contribution in [-0.4, -0.2) is 34.0 Å². The summed E-state index contributed by atoms with van der Waals surface area (Å²) < 4.78 is 31.7.